The fraction of sp³-hybridized carbons (Fsp3) is 0.778. The Balaban J connectivity index is 4.94. The molecule has 0 atom stereocenters. The van der Waals surface area contributed by atoms with Gasteiger partial charge in [-0.3, -0.25) is 19.2 Å². The molecule has 0 saturated carbocycles. The summed E-state index contributed by atoms with van der Waals surface area (Å²) in [5.41, 5.74) is -0.334. The summed E-state index contributed by atoms with van der Waals surface area (Å²) in [4.78, 5) is 43.1. The van der Waals surface area contributed by atoms with Crippen LogP contribution in [0.15, 0.2) is 0 Å². The summed E-state index contributed by atoms with van der Waals surface area (Å²) in [5.74, 6) is -3.58. The van der Waals surface area contributed by atoms with Crippen molar-refractivity contribution in [1.82, 2.24) is 0 Å². The van der Waals surface area contributed by atoms with E-state index in [-0.39, 0.29) is 31.1 Å². The lowest BCUT2D eigenvalue weighted by molar-refractivity contribution is -0.138. The molecule has 0 aliphatic heterocycles. The van der Waals surface area contributed by atoms with Gasteiger partial charge in [-0.2, -0.15) is 0 Å². The first kappa shape index (κ1) is 23.9. The van der Waals surface area contributed by atoms with Crippen LogP contribution < -0.4 is 0 Å². The maximum Gasteiger partial charge on any atom is 0.303 e. The smallest absolute Gasteiger partial charge is 0.303 e. The van der Waals surface area contributed by atoms with Crippen molar-refractivity contribution in [2.24, 2.45) is 5.41 Å². The maximum atomic E-state index is 10.8. The molecule has 150 valence electrons. The highest BCUT2D eigenvalue weighted by Gasteiger charge is 2.29. The molecule has 0 spiro atoms. The van der Waals surface area contributed by atoms with Crippen LogP contribution in [0, 0.1) is 5.41 Å². The molecule has 0 aliphatic carbocycles. The highest BCUT2D eigenvalue weighted by Crippen LogP contribution is 2.41. The van der Waals surface area contributed by atoms with Crippen molar-refractivity contribution in [2.75, 3.05) is 0 Å². The molecule has 0 aliphatic rings. The van der Waals surface area contributed by atoms with Crippen LogP contribution >= 0.6 is 0 Å². The van der Waals surface area contributed by atoms with Gasteiger partial charge in [0.2, 0.25) is 0 Å². The Morgan fingerprint density at radius 1 is 0.462 bits per heavy atom. The summed E-state index contributed by atoms with van der Waals surface area (Å²) in [6, 6.07) is 0. The Hall–Kier alpha value is -2.12. The van der Waals surface area contributed by atoms with Gasteiger partial charge in [-0.15, -0.1) is 0 Å². The van der Waals surface area contributed by atoms with Crippen molar-refractivity contribution in [3.05, 3.63) is 0 Å². The molecule has 0 rings (SSSR count). The normalized spacial score (nSPS) is 11.2. The quantitative estimate of drug-likeness (QED) is 0.283. The zero-order valence-electron chi connectivity index (χ0n) is 15.1. The lowest BCUT2D eigenvalue weighted by Gasteiger charge is -2.34. The van der Waals surface area contributed by atoms with Gasteiger partial charge in [-0.25, -0.2) is 0 Å². The fourth-order valence-electron chi connectivity index (χ4n) is 3.37. The van der Waals surface area contributed by atoms with E-state index in [0.29, 0.717) is 57.8 Å². The lowest BCUT2D eigenvalue weighted by Crippen LogP contribution is -2.23. The molecule has 0 bridgehead atoms. The zero-order chi connectivity index (χ0) is 20.0. The van der Waals surface area contributed by atoms with Gasteiger partial charge in [0.15, 0.2) is 0 Å². The zero-order valence-corrected chi connectivity index (χ0v) is 15.1. The molecule has 8 heteroatoms. The third kappa shape index (κ3) is 13.2. The standard InChI is InChI=1S/C18H30O8/c19-14(20)6-1-2-10-18(11-3-7-15(21)22,12-4-8-16(23)24)13-5-9-17(25)26/h1-13H2,(H,19,20)(H,21,22)(H,23,24)(H,25,26). The highest BCUT2D eigenvalue weighted by atomic mass is 16.4. The van der Waals surface area contributed by atoms with E-state index in [9.17, 15) is 19.2 Å². The predicted octanol–water partition coefficient (Wildman–Crippen LogP) is 3.38. The van der Waals surface area contributed by atoms with Gasteiger partial charge >= 0.3 is 23.9 Å². The van der Waals surface area contributed by atoms with Crippen LogP contribution in [0.2, 0.25) is 0 Å². The molecular weight excluding hydrogens is 344 g/mol. The number of hydrogen-bond acceptors (Lipinski definition) is 4. The number of unbranched alkanes of at least 4 members (excludes halogenated alkanes) is 1. The molecule has 26 heavy (non-hydrogen) atoms. The SMILES string of the molecule is O=C(O)CCCCC(CCCC(=O)O)(CCCC(=O)O)CCCC(=O)O. The maximum absolute atomic E-state index is 10.8. The summed E-state index contributed by atoms with van der Waals surface area (Å²) in [5, 5.41) is 35.3. The Labute approximate surface area is 153 Å². The van der Waals surface area contributed by atoms with Crippen molar-refractivity contribution in [3.63, 3.8) is 0 Å². The van der Waals surface area contributed by atoms with Gasteiger partial charge in [0.1, 0.15) is 0 Å². The third-order valence-electron chi connectivity index (χ3n) is 4.64. The Morgan fingerprint density at radius 3 is 1.04 bits per heavy atom. The molecule has 0 aromatic carbocycles. The van der Waals surface area contributed by atoms with Crippen LogP contribution in [0.1, 0.15) is 83.5 Å². The minimum absolute atomic E-state index is 0.00867. The molecule has 4 N–H and O–H groups in total. The number of carboxylic acids is 4. The summed E-state index contributed by atoms with van der Waals surface area (Å²) in [6.45, 7) is 0. The second-order valence-electron chi connectivity index (χ2n) is 6.84. The molecule has 0 saturated heterocycles. The van der Waals surface area contributed by atoms with E-state index in [2.05, 4.69) is 0 Å². The predicted molar refractivity (Wildman–Crippen MR) is 93.0 cm³/mol. The monoisotopic (exact) mass is 374 g/mol. The summed E-state index contributed by atoms with van der Waals surface area (Å²) in [6.07, 6.45) is 4.90. The van der Waals surface area contributed by atoms with Crippen molar-refractivity contribution in [1.29, 1.82) is 0 Å². The van der Waals surface area contributed by atoms with Crippen LogP contribution in [0.25, 0.3) is 0 Å². The summed E-state index contributed by atoms with van der Waals surface area (Å²) >= 11 is 0. The van der Waals surface area contributed by atoms with Gasteiger partial charge in [-0.1, -0.05) is 6.42 Å². The first-order valence-corrected chi connectivity index (χ1v) is 9.04. The van der Waals surface area contributed by atoms with E-state index in [1.807, 2.05) is 0 Å². The van der Waals surface area contributed by atoms with Gasteiger partial charge in [0, 0.05) is 25.7 Å². The average molecular weight is 374 g/mol. The Morgan fingerprint density at radius 2 is 0.731 bits per heavy atom. The fourth-order valence-corrected chi connectivity index (χ4v) is 3.37. The highest BCUT2D eigenvalue weighted by molar-refractivity contribution is 5.67. The Kier molecular flexibility index (Phi) is 12.1. The lowest BCUT2D eigenvalue weighted by atomic mass is 9.71. The third-order valence-corrected chi connectivity index (χ3v) is 4.64. The Bertz CT molecular complexity index is 422. The molecule has 0 aromatic rings. The molecule has 0 amide bonds. The van der Waals surface area contributed by atoms with E-state index < -0.39 is 23.9 Å². The van der Waals surface area contributed by atoms with E-state index >= 15 is 0 Å². The molecule has 8 nitrogen and oxygen atoms in total. The van der Waals surface area contributed by atoms with Gasteiger partial charge in [-0.05, 0) is 56.8 Å². The van der Waals surface area contributed by atoms with E-state index in [4.69, 9.17) is 20.4 Å². The molecule has 0 fully saturated rings. The molecule has 0 radical (unpaired) electrons. The largest absolute Gasteiger partial charge is 0.481 e. The van der Waals surface area contributed by atoms with Crippen molar-refractivity contribution < 1.29 is 39.6 Å². The second-order valence-corrected chi connectivity index (χ2v) is 6.84. The number of aliphatic carboxylic acids is 4. The van der Waals surface area contributed by atoms with E-state index in [0.717, 1.165) is 0 Å². The number of carbonyl (C=O) groups is 4. The minimum atomic E-state index is -0.902. The van der Waals surface area contributed by atoms with Gasteiger partial charge in [0.25, 0.3) is 0 Å². The van der Waals surface area contributed by atoms with Crippen LogP contribution in [0.3, 0.4) is 0 Å². The van der Waals surface area contributed by atoms with Crippen LogP contribution in [-0.4, -0.2) is 44.3 Å². The van der Waals surface area contributed by atoms with E-state index in [1.54, 1.807) is 0 Å². The summed E-state index contributed by atoms with van der Waals surface area (Å²) < 4.78 is 0. The van der Waals surface area contributed by atoms with Crippen molar-refractivity contribution in [2.45, 2.75) is 83.5 Å². The molecule has 0 unspecified atom stereocenters. The molecular formula is C18H30O8. The van der Waals surface area contributed by atoms with Crippen molar-refractivity contribution >= 4 is 23.9 Å². The number of carboxylic acid groups (broad SMARTS) is 4. The average Bonchev–Trinajstić information content (AvgIpc) is 2.50. The number of hydrogen-bond donors (Lipinski definition) is 4. The van der Waals surface area contributed by atoms with E-state index in [1.165, 1.54) is 0 Å². The minimum Gasteiger partial charge on any atom is -0.481 e. The van der Waals surface area contributed by atoms with Crippen molar-refractivity contribution in [3.8, 4) is 0 Å². The first-order chi connectivity index (χ1) is 12.2. The first-order valence-electron chi connectivity index (χ1n) is 9.04. The number of rotatable bonds is 17. The van der Waals surface area contributed by atoms with Crippen LogP contribution in [0.4, 0.5) is 0 Å². The van der Waals surface area contributed by atoms with Crippen LogP contribution in [0.5, 0.6) is 0 Å². The second kappa shape index (κ2) is 13.1. The molecule has 0 heterocycles. The van der Waals surface area contributed by atoms with Gasteiger partial charge < -0.3 is 20.4 Å². The topological polar surface area (TPSA) is 149 Å². The van der Waals surface area contributed by atoms with Crippen LogP contribution in [-0.2, 0) is 19.2 Å². The summed E-state index contributed by atoms with van der Waals surface area (Å²) in [7, 11) is 0. The molecule has 0 aromatic heterocycles. The van der Waals surface area contributed by atoms with Gasteiger partial charge in [0.05, 0.1) is 0 Å².